The van der Waals surface area contributed by atoms with E-state index in [4.69, 9.17) is 26.8 Å². The lowest BCUT2D eigenvalue weighted by molar-refractivity contribution is 0.122. The molecule has 2 aromatic heterocycles. The summed E-state index contributed by atoms with van der Waals surface area (Å²) in [6.45, 7) is 4.68. The van der Waals surface area contributed by atoms with Crippen LogP contribution in [0.5, 0.6) is 11.5 Å². The molecule has 3 heterocycles. The molecule has 9 heteroatoms. The summed E-state index contributed by atoms with van der Waals surface area (Å²) < 4.78 is 25.4. The van der Waals surface area contributed by atoms with E-state index in [1.165, 1.54) is 12.4 Å². The van der Waals surface area contributed by atoms with Crippen molar-refractivity contribution in [3.63, 3.8) is 0 Å². The van der Waals surface area contributed by atoms with Gasteiger partial charge in [-0.25, -0.2) is 19.3 Å². The highest BCUT2D eigenvalue weighted by Crippen LogP contribution is 2.35. The molecule has 0 bridgehead atoms. The lowest BCUT2D eigenvalue weighted by Gasteiger charge is -2.28. The highest BCUT2D eigenvalue weighted by Gasteiger charge is 2.17. The average molecular weight is 444 g/mol. The highest BCUT2D eigenvalue weighted by molar-refractivity contribution is 6.30. The second-order valence-electron chi connectivity index (χ2n) is 7.19. The van der Waals surface area contributed by atoms with Crippen LogP contribution in [-0.4, -0.2) is 47.8 Å². The van der Waals surface area contributed by atoms with Crippen molar-refractivity contribution in [2.45, 2.75) is 13.1 Å². The number of morpholine rings is 1. The summed E-state index contributed by atoms with van der Waals surface area (Å²) >= 11 is 6.22. The molecule has 1 saturated heterocycles. The molecule has 1 aliphatic rings. The van der Waals surface area contributed by atoms with Gasteiger partial charge in [-0.1, -0.05) is 11.6 Å². The molecule has 2 N–H and O–H groups in total. The summed E-state index contributed by atoms with van der Waals surface area (Å²) in [5.41, 5.74) is 7.19. The van der Waals surface area contributed by atoms with Crippen LogP contribution in [0.25, 0.3) is 11.4 Å². The van der Waals surface area contributed by atoms with Crippen molar-refractivity contribution in [2.75, 3.05) is 37.7 Å². The minimum absolute atomic E-state index is 0.120. The molecule has 1 fully saturated rings. The largest absolute Gasteiger partial charge is 0.456 e. The number of ether oxygens (including phenoxy) is 2. The first-order chi connectivity index (χ1) is 15.0. The van der Waals surface area contributed by atoms with Gasteiger partial charge in [0.05, 0.1) is 18.8 Å². The van der Waals surface area contributed by atoms with Crippen LogP contribution < -0.4 is 15.4 Å². The summed E-state index contributed by atoms with van der Waals surface area (Å²) in [6.07, 6.45) is 1.57. The first-order valence-electron chi connectivity index (χ1n) is 9.98. The van der Waals surface area contributed by atoms with Gasteiger partial charge >= 0.3 is 0 Å². The fourth-order valence-electron chi connectivity index (χ4n) is 3.30. The maximum atomic E-state index is 13.8. The molecule has 0 radical (unpaired) electrons. The average Bonchev–Trinajstić information content (AvgIpc) is 2.79. The van der Waals surface area contributed by atoms with Crippen molar-refractivity contribution >= 4 is 17.4 Å². The van der Waals surface area contributed by atoms with E-state index in [0.717, 1.165) is 24.6 Å². The first kappa shape index (κ1) is 21.4. The highest BCUT2D eigenvalue weighted by atomic mass is 35.5. The molecule has 4 rings (SSSR count). The molecule has 0 aliphatic carbocycles. The minimum atomic E-state index is -1.30. The monoisotopic (exact) mass is 443 g/mol. The van der Waals surface area contributed by atoms with Gasteiger partial charge < -0.3 is 20.1 Å². The number of anilines is 1. The van der Waals surface area contributed by atoms with Crippen LogP contribution in [0.3, 0.4) is 0 Å². The summed E-state index contributed by atoms with van der Waals surface area (Å²) in [6, 6.07) is 8.96. The van der Waals surface area contributed by atoms with Gasteiger partial charge in [-0.3, -0.25) is 0 Å². The van der Waals surface area contributed by atoms with E-state index in [0.29, 0.717) is 46.7 Å². The minimum Gasteiger partial charge on any atom is -0.456 e. The molecule has 7 nitrogen and oxygen atoms in total. The lowest BCUT2D eigenvalue weighted by Crippen LogP contribution is -2.36. The van der Waals surface area contributed by atoms with Crippen molar-refractivity contribution in [2.24, 2.45) is 5.73 Å². The van der Waals surface area contributed by atoms with E-state index in [1.807, 2.05) is 19.1 Å². The number of nitrogens with two attached hydrogens (primary N) is 1. The fraction of sp³-hybridized carbons (Fsp3) is 0.318. The van der Waals surface area contributed by atoms with Gasteiger partial charge in [0, 0.05) is 66.5 Å². The van der Waals surface area contributed by atoms with E-state index in [2.05, 4.69) is 19.9 Å². The molecule has 0 spiro atoms. The Morgan fingerprint density at radius 1 is 1.19 bits per heavy atom. The Balaban J connectivity index is 1.65. The smallest absolute Gasteiger partial charge is 0.162 e. The Kier molecular flexibility index (Phi) is 6.60. The number of aryl methyl sites for hydroxylation is 1. The molecule has 3 aromatic rings. The van der Waals surface area contributed by atoms with E-state index < -0.39 is 6.17 Å². The Labute approximate surface area is 185 Å². The zero-order chi connectivity index (χ0) is 21.8. The van der Waals surface area contributed by atoms with Crippen LogP contribution in [0.15, 0.2) is 42.7 Å². The number of hydrogen-bond acceptors (Lipinski definition) is 7. The molecule has 0 unspecified atom stereocenters. The zero-order valence-corrected chi connectivity index (χ0v) is 17.8. The molecule has 1 aliphatic heterocycles. The van der Waals surface area contributed by atoms with Crippen molar-refractivity contribution < 1.29 is 13.9 Å². The van der Waals surface area contributed by atoms with Gasteiger partial charge in [0.1, 0.15) is 23.5 Å². The van der Waals surface area contributed by atoms with Crippen molar-refractivity contribution in [1.29, 1.82) is 0 Å². The molecule has 162 valence electrons. The first-order valence-corrected chi connectivity index (χ1v) is 10.4. The van der Waals surface area contributed by atoms with E-state index in [-0.39, 0.29) is 6.54 Å². The Morgan fingerprint density at radius 3 is 2.65 bits per heavy atom. The van der Waals surface area contributed by atoms with Gasteiger partial charge in [0.15, 0.2) is 5.82 Å². The van der Waals surface area contributed by atoms with Gasteiger partial charge in [0.2, 0.25) is 0 Å². The molecule has 0 saturated carbocycles. The van der Waals surface area contributed by atoms with Crippen LogP contribution in [-0.2, 0) is 4.74 Å². The number of hydrogen-bond donors (Lipinski definition) is 1. The number of alkyl halides is 1. The summed E-state index contributed by atoms with van der Waals surface area (Å²) in [7, 11) is 0. The molecule has 1 atom stereocenters. The van der Waals surface area contributed by atoms with Crippen LogP contribution in [0.4, 0.5) is 10.2 Å². The van der Waals surface area contributed by atoms with Crippen molar-refractivity contribution in [3.05, 3.63) is 59.0 Å². The van der Waals surface area contributed by atoms with Gasteiger partial charge in [0.25, 0.3) is 0 Å². The molecule has 1 aromatic carbocycles. The normalized spacial score (nSPS) is 15.0. The Bertz CT molecular complexity index is 1040. The second-order valence-corrected chi connectivity index (χ2v) is 7.62. The zero-order valence-electron chi connectivity index (χ0n) is 17.1. The molecular formula is C22H23ClFN5O2. The standard InChI is InChI=1S/C22H23ClFN5O2/c1-14-8-17(10-21(28-14)29-4-6-30-7-5-29)31-20-9-16(23)2-3-18(20)22-26-12-15(13-27-22)19(24)11-25/h2-3,8-10,12-13,19H,4-7,11,25H2,1H3/t19-/m1/s1. The Hall–Kier alpha value is -2.81. The third kappa shape index (κ3) is 5.10. The SMILES string of the molecule is Cc1cc(Oc2cc(Cl)ccc2-c2ncc([C@H](F)CN)cn2)cc(N2CCOCC2)n1. The van der Waals surface area contributed by atoms with Crippen molar-refractivity contribution in [1.82, 2.24) is 15.0 Å². The van der Waals surface area contributed by atoms with Crippen LogP contribution >= 0.6 is 11.6 Å². The lowest BCUT2D eigenvalue weighted by atomic mass is 10.1. The number of halogens is 2. The van der Waals surface area contributed by atoms with Gasteiger partial charge in [-0.2, -0.15) is 0 Å². The van der Waals surface area contributed by atoms with Crippen molar-refractivity contribution in [3.8, 4) is 22.9 Å². The van der Waals surface area contributed by atoms with E-state index in [9.17, 15) is 4.39 Å². The van der Waals surface area contributed by atoms with Gasteiger partial charge in [-0.15, -0.1) is 0 Å². The predicted octanol–water partition coefficient (Wildman–Crippen LogP) is 4.10. The van der Waals surface area contributed by atoms with Crippen LogP contribution in [0.1, 0.15) is 17.4 Å². The molecule has 31 heavy (non-hydrogen) atoms. The number of rotatable bonds is 6. The predicted molar refractivity (Wildman–Crippen MR) is 117 cm³/mol. The topological polar surface area (TPSA) is 86.4 Å². The van der Waals surface area contributed by atoms with Crippen LogP contribution in [0, 0.1) is 6.92 Å². The van der Waals surface area contributed by atoms with Gasteiger partial charge in [-0.05, 0) is 19.1 Å². The fourth-order valence-corrected chi connectivity index (χ4v) is 3.46. The number of nitrogens with zero attached hydrogens (tertiary/aromatic N) is 4. The quantitative estimate of drug-likeness (QED) is 0.613. The number of pyridine rings is 1. The Morgan fingerprint density at radius 2 is 1.94 bits per heavy atom. The summed E-state index contributed by atoms with van der Waals surface area (Å²) in [4.78, 5) is 15.4. The number of benzene rings is 1. The van der Waals surface area contributed by atoms with E-state index >= 15 is 0 Å². The van der Waals surface area contributed by atoms with E-state index in [1.54, 1.807) is 18.2 Å². The molecular weight excluding hydrogens is 421 g/mol. The molecule has 0 amide bonds. The summed E-state index contributed by atoms with van der Waals surface area (Å²) in [5, 5.41) is 0.515. The third-order valence-electron chi connectivity index (χ3n) is 4.90. The third-order valence-corrected chi connectivity index (χ3v) is 5.14. The maximum absolute atomic E-state index is 13.8. The second kappa shape index (κ2) is 9.55. The summed E-state index contributed by atoms with van der Waals surface area (Å²) in [5.74, 6) is 2.35. The maximum Gasteiger partial charge on any atom is 0.162 e. The number of aromatic nitrogens is 3. The van der Waals surface area contributed by atoms with Crippen LogP contribution in [0.2, 0.25) is 5.02 Å².